The van der Waals surface area contributed by atoms with Gasteiger partial charge in [0.1, 0.15) is 0 Å². The Kier molecular flexibility index (Phi) is 4.55. The van der Waals surface area contributed by atoms with Crippen LogP contribution in [0, 0.1) is 0 Å². The molecule has 2 heterocycles. The van der Waals surface area contributed by atoms with Gasteiger partial charge in [-0.15, -0.1) is 0 Å². The van der Waals surface area contributed by atoms with Crippen LogP contribution in [0.3, 0.4) is 0 Å². The molecule has 1 fully saturated rings. The molecular formula is C19H24N4O2. The third kappa shape index (κ3) is 3.45. The van der Waals surface area contributed by atoms with Crippen molar-refractivity contribution in [2.75, 3.05) is 13.1 Å². The molecule has 1 aliphatic heterocycles. The summed E-state index contributed by atoms with van der Waals surface area (Å²) in [4.78, 5) is 14.8. The first kappa shape index (κ1) is 16.3. The van der Waals surface area contributed by atoms with Crippen LogP contribution in [0.2, 0.25) is 0 Å². The van der Waals surface area contributed by atoms with E-state index in [0.717, 1.165) is 62.1 Å². The molecule has 6 nitrogen and oxygen atoms in total. The maximum Gasteiger partial charge on any atom is 0.272 e. The average Bonchev–Trinajstić information content (AvgIpc) is 3.31. The van der Waals surface area contributed by atoms with Crippen LogP contribution in [0.25, 0.3) is 0 Å². The second kappa shape index (κ2) is 6.98. The van der Waals surface area contributed by atoms with Crippen molar-refractivity contribution in [3.05, 3.63) is 52.3 Å². The SMILES string of the molecule is O=C(NCc1ccccc1CN1CC[C@@H](O)C1)c1n[nH]c2c1CCC2. The maximum atomic E-state index is 12.5. The highest BCUT2D eigenvalue weighted by Crippen LogP contribution is 2.23. The van der Waals surface area contributed by atoms with Crippen molar-refractivity contribution < 1.29 is 9.90 Å². The summed E-state index contributed by atoms with van der Waals surface area (Å²) in [6.07, 6.45) is 3.63. The topological polar surface area (TPSA) is 81.2 Å². The minimum absolute atomic E-state index is 0.106. The highest BCUT2D eigenvalue weighted by Gasteiger charge is 2.23. The van der Waals surface area contributed by atoms with E-state index in [0.29, 0.717) is 12.2 Å². The number of aliphatic hydroxyl groups is 1. The molecule has 0 spiro atoms. The molecule has 25 heavy (non-hydrogen) atoms. The van der Waals surface area contributed by atoms with Gasteiger partial charge in [0.2, 0.25) is 0 Å². The first-order valence-corrected chi connectivity index (χ1v) is 9.02. The molecule has 1 atom stereocenters. The number of carbonyl (C=O) groups is 1. The smallest absolute Gasteiger partial charge is 0.272 e. The molecule has 4 rings (SSSR count). The number of hydrogen-bond acceptors (Lipinski definition) is 4. The summed E-state index contributed by atoms with van der Waals surface area (Å²) >= 11 is 0. The number of aryl methyl sites for hydroxylation is 1. The third-order valence-corrected chi connectivity index (χ3v) is 5.22. The number of β-amino-alcohol motifs (C(OH)–C–C–N with tert-alkyl or cyclic N) is 1. The van der Waals surface area contributed by atoms with Crippen LogP contribution in [0.4, 0.5) is 0 Å². The molecule has 1 saturated heterocycles. The monoisotopic (exact) mass is 340 g/mol. The Morgan fingerprint density at radius 2 is 2.16 bits per heavy atom. The molecular weight excluding hydrogens is 316 g/mol. The van der Waals surface area contributed by atoms with E-state index >= 15 is 0 Å². The molecule has 0 bridgehead atoms. The number of likely N-dealkylation sites (tertiary alicyclic amines) is 1. The number of fused-ring (bicyclic) bond motifs is 1. The predicted octanol–water partition coefficient (Wildman–Crippen LogP) is 1.39. The van der Waals surface area contributed by atoms with Crippen LogP contribution < -0.4 is 5.32 Å². The van der Waals surface area contributed by atoms with Gasteiger partial charge in [-0.2, -0.15) is 5.10 Å². The zero-order chi connectivity index (χ0) is 17.2. The van der Waals surface area contributed by atoms with E-state index in [-0.39, 0.29) is 12.0 Å². The van der Waals surface area contributed by atoms with E-state index in [4.69, 9.17) is 0 Å². The maximum absolute atomic E-state index is 12.5. The number of aromatic nitrogens is 2. The zero-order valence-electron chi connectivity index (χ0n) is 14.3. The number of amides is 1. The van der Waals surface area contributed by atoms with Gasteiger partial charge in [-0.1, -0.05) is 24.3 Å². The number of carbonyl (C=O) groups excluding carboxylic acids is 1. The van der Waals surface area contributed by atoms with Crippen LogP contribution in [-0.4, -0.2) is 45.3 Å². The zero-order valence-corrected chi connectivity index (χ0v) is 14.3. The van der Waals surface area contributed by atoms with Crippen LogP contribution in [0.1, 0.15) is 45.7 Å². The lowest BCUT2D eigenvalue weighted by molar-refractivity contribution is 0.0945. The van der Waals surface area contributed by atoms with Crippen molar-refractivity contribution in [1.82, 2.24) is 20.4 Å². The molecule has 2 aliphatic rings. The molecule has 1 amide bonds. The quantitative estimate of drug-likeness (QED) is 0.768. The lowest BCUT2D eigenvalue weighted by Crippen LogP contribution is -2.26. The summed E-state index contributed by atoms with van der Waals surface area (Å²) in [6.45, 7) is 2.94. The Labute approximate surface area is 147 Å². The molecule has 132 valence electrons. The summed E-state index contributed by atoms with van der Waals surface area (Å²) in [6, 6.07) is 8.17. The summed E-state index contributed by atoms with van der Waals surface area (Å²) in [7, 11) is 0. The number of nitrogens with zero attached hydrogens (tertiary/aromatic N) is 2. The van der Waals surface area contributed by atoms with Crippen molar-refractivity contribution in [3.63, 3.8) is 0 Å². The highest BCUT2D eigenvalue weighted by molar-refractivity contribution is 5.94. The van der Waals surface area contributed by atoms with E-state index in [1.165, 1.54) is 5.56 Å². The Hall–Kier alpha value is -2.18. The van der Waals surface area contributed by atoms with Gasteiger partial charge >= 0.3 is 0 Å². The average molecular weight is 340 g/mol. The van der Waals surface area contributed by atoms with E-state index in [1.807, 2.05) is 12.1 Å². The first-order chi connectivity index (χ1) is 12.2. The lowest BCUT2D eigenvalue weighted by atomic mass is 10.1. The Bertz CT molecular complexity index is 771. The molecule has 6 heteroatoms. The Morgan fingerprint density at radius 3 is 2.96 bits per heavy atom. The molecule has 0 unspecified atom stereocenters. The third-order valence-electron chi connectivity index (χ3n) is 5.22. The molecule has 2 aromatic rings. The molecule has 1 aromatic carbocycles. The summed E-state index contributed by atoms with van der Waals surface area (Å²) in [5, 5.41) is 19.9. The Morgan fingerprint density at radius 1 is 1.32 bits per heavy atom. The normalized spacial score (nSPS) is 20.0. The van der Waals surface area contributed by atoms with Gasteiger partial charge in [-0.05, 0) is 36.8 Å². The summed E-state index contributed by atoms with van der Waals surface area (Å²) < 4.78 is 0. The Balaban J connectivity index is 1.41. The molecule has 3 N–H and O–H groups in total. The number of nitrogens with one attached hydrogen (secondary N) is 2. The van der Waals surface area contributed by atoms with Gasteiger partial charge in [0, 0.05) is 37.4 Å². The van der Waals surface area contributed by atoms with Crippen molar-refractivity contribution in [1.29, 1.82) is 0 Å². The summed E-state index contributed by atoms with van der Waals surface area (Å²) in [5.74, 6) is -0.106. The van der Waals surface area contributed by atoms with E-state index in [1.54, 1.807) is 0 Å². The second-order valence-corrected chi connectivity index (χ2v) is 7.01. The van der Waals surface area contributed by atoms with Gasteiger partial charge in [0.25, 0.3) is 5.91 Å². The lowest BCUT2D eigenvalue weighted by Gasteiger charge is -2.18. The number of H-pyrrole nitrogens is 1. The fourth-order valence-electron chi connectivity index (χ4n) is 3.85. The van der Waals surface area contributed by atoms with Crippen LogP contribution in [0.5, 0.6) is 0 Å². The fourth-order valence-corrected chi connectivity index (χ4v) is 3.85. The number of benzene rings is 1. The van der Waals surface area contributed by atoms with Gasteiger partial charge in [0.15, 0.2) is 5.69 Å². The van der Waals surface area contributed by atoms with Gasteiger partial charge in [-0.3, -0.25) is 14.8 Å². The minimum atomic E-state index is -0.214. The molecule has 0 saturated carbocycles. The minimum Gasteiger partial charge on any atom is -0.392 e. The van der Waals surface area contributed by atoms with Crippen LogP contribution >= 0.6 is 0 Å². The number of aromatic amines is 1. The standard InChI is InChI=1S/C19H24N4O2/c24-15-8-9-23(12-15)11-14-5-2-1-4-13(14)10-20-19(25)18-16-6-3-7-17(16)21-22-18/h1-2,4-5,15,24H,3,6-12H2,(H,20,25)(H,21,22)/t15-/m1/s1. The van der Waals surface area contributed by atoms with E-state index in [2.05, 4.69) is 32.5 Å². The van der Waals surface area contributed by atoms with Crippen molar-refractivity contribution in [2.45, 2.75) is 44.9 Å². The predicted molar refractivity (Wildman–Crippen MR) is 94.1 cm³/mol. The second-order valence-electron chi connectivity index (χ2n) is 7.01. The molecule has 0 radical (unpaired) electrons. The largest absolute Gasteiger partial charge is 0.392 e. The summed E-state index contributed by atoms with van der Waals surface area (Å²) in [5.41, 5.74) is 5.05. The van der Waals surface area contributed by atoms with E-state index in [9.17, 15) is 9.90 Å². The van der Waals surface area contributed by atoms with Gasteiger partial charge in [0.05, 0.1) is 6.10 Å². The molecule has 1 aromatic heterocycles. The van der Waals surface area contributed by atoms with Crippen LogP contribution in [0.15, 0.2) is 24.3 Å². The van der Waals surface area contributed by atoms with Crippen molar-refractivity contribution in [3.8, 4) is 0 Å². The van der Waals surface area contributed by atoms with Gasteiger partial charge in [-0.25, -0.2) is 0 Å². The number of hydrogen-bond donors (Lipinski definition) is 3. The first-order valence-electron chi connectivity index (χ1n) is 9.02. The molecule has 1 aliphatic carbocycles. The van der Waals surface area contributed by atoms with Crippen molar-refractivity contribution >= 4 is 5.91 Å². The van der Waals surface area contributed by atoms with Crippen molar-refractivity contribution in [2.24, 2.45) is 0 Å². The number of aliphatic hydroxyl groups excluding tert-OH is 1. The highest BCUT2D eigenvalue weighted by atomic mass is 16.3. The van der Waals surface area contributed by atoms with Crippen LogP contribution in [-0.2, 0) is 25.9 Å². The number of rotatable bonds is 5. The van der Waals surface area contributed by atoms with E-state index < -0.39 is 0 Å². The fraction of sp³-hybridized carbons (Fsp3) is 0.474. The van der Waals surface area contributed by atoms with Gasteiger partial charge < -0.3 is 10.4 Å².